The summed E-state index contributed by atoms with van der Waals surface area (Å²) in [4.78, 5) is 34.3. The largest absolute Gasteiger partial charge is 0.481 e. The number of methoxy groups -OCH3 is 1. The van der Waals surface area contributed by atoms with E-state index in [1.54, 1.807) is 19.4 Å². The fourth-order valence-corrected chi connectivity index (χ4v) is 5.66. The fourth-order valence-electron chi connectivity index (χ4n) is 5.66. The normalized spacial score (nSPS) is 23.1. The first kappa shape index (κ1) is 27.9. The van der Waals surface area contributed by atoms with Crippen LogP contribution in [0.15, 0.2) is 18.3 Å². The molecule has 0 spiro atoms. The van der Waals surface area contributed by atoms with Crippen molar-refractivity contribution in [1.82, 2.24) is 15.3 Å². The minimum Gasteiger partial charge on any atom is -0.481 e. The van der Waals surface area contributed by atoms with Gasteiger partial charge in [-0.15, -0.1) is 0 Å². The molecule has 2 aromatic heterocycles. The highest BCUT2D eigenvalue weighted by molar-refractivity contribution is 5.91. The Morgan fingerprint density at radius 3 is 2.21 bits per heavy atom. The molecular weight excluding hydrogens is 484 g/mol. The van der Waals surface area contributed by atoms with Crippen LogP contribution in [0, 0.1) is 5.41 Å². The molecule has 2 N–H and O–H groups in total. The lowest BCUT2D eigenvalue weighted by Crippen LogP contribution is -2.52. The molecule has 3 fully saturated rings. The number of nitrogens with one attached hydrogen (secondary N) is 2. The van der Waals surface area contributed by atoms with Crippen molar-refractivity contribution in [3.05, 3.63) is 23.9 Å². The summed E-state index contributed by atoms with van der Waals surface area (Å²) in [5.74, 6) is 0.499. The van der Waals surface area contributed by atoms with Crippen LogP contribution in [0.4, 0.5) is 15.3 Å². The number of aryl methyl sites for hydroxylation is 1. The Bertz CT molecular complexity index is 1170. The second-order valence-corrected chi connectivity index (χ2v) is 12.9. The monoisotopic (exact) mass is 526 g/mol. The van der Waals surface area contributed by atoms with E-state index in [4.69, 9.17) is 14.2 Å². The summed E-state index contributed by atoms with van der Waals surface area (Å²) in [5, 5.41) is 5.83. The quantitative estimate of drug-likeness (QED) is 0.440. The molecule has 5 rings (SSSR count). The van der Waals surface area contributed by atoms with Crippen molar-refractivity contribution >= 4 is 28.9 Å². The van der Waals surface area contributed by atoms with Gasteiger partial charge in [-0.3, -0.25) is 10.3 Å². The average molecular weight is 527 g/mol. The molecule has 38 heavy (non-hydrogen) atoms. The third kappa shape index (κ3) is 6.66. The summed E-state index contributed by atoms with van der Waals surface area (Å²) in [5.41, 5.74) is 1.87. The molecule has 3 aliphatic rings. The van der Waals surface area contributed by atoms with E-state index in [1.807, 2.05) is 47.6 Å². The summed E-state index contributed by atoms with van der Waals surface area (Å²) in [6, 6.07) is 3.67. The number of hydrogen-bond donors (Lipinski definition) is 2. The number of ether oxygens (including phenoxy) is 3. The van der Waals surface area contributed by atoms with Crippen molar-refractivity contribution in [3.63, 3.8) is 0 Å². The fraction of sp³-hybridized carbons (Fsp3) is 0.655. The highest BCUT2D eigenvalue weighted by Gasteiger charge is 2.50. The van der Waals surface area contributed by atoms with E-state index < -0.39 is 11.7 Å². The number of carbonyl (C=O) groups excluding carboxylic acids is 2. The molecule has 208 valence electrons. The van der Waals surface area contributed by atoms with Crippen molar-refractivity contribution in [2.75, 3.05) is 12.4 Å². The molecule has 9 nitrogen and oxygen atoms in total. The number of pyridine rings is 2. The Morgan fingerprint density at radius 1 is 0.974 bits per heavy atom. The van der Waals surface area contributed by atoms with Gasteiger partial charge in [-0.05, 0) is 104 Å². The van der Waals surface area contributed by atoms with Crippen LogP contribution in [0.1, 0.15) is 92.1 Å². The van der Waals surface area contributed by atoms with E-state index >= 15 is 0 Å². The molecule has 0 saturated heterocycles. The number of fused-ring (bicyclic) bond motifs is 4. The molecule has 3 saturated carbocycles. The van der Waals surface area contributed by atoms with Gasteiger partial charge in [0, 0.05) is 17.2 Å². The predicted molar refractivity (Wildman–Crippen MR) is 147 cm³/mol. The van der Waals surface area contributed by atoms with Crippen LogP contribution in [0.2, 0.25) is 0 Å². The number of alkyl carbamates (subject to hydrolysis) is 1. The molecule has 2 bridgehead atoms. The van der Waals surface area contributed by atoms with Crippen LogP contribution in [-0.4, -0.2) is 46.0 Å². The van der Waals surface area contributed by atoms with Crippen LogP contribution >= 0.6 is 0 Å². The zero-order chi connectivity index (χ0) is 27.8. The lowest BCUT2D eigenvalue weighted by molar-refractivity contribution is -0.100. The van der Waals surface area contributed by atoms with E-state index in [1.165, 1.54) is 0 Å². The minimum atomic E-state index is -0.614. The predicted octanol–water partition coefficient (Wildman–Crippen LogP) is 6.54. The van der Waals surface area contributed by atoms with Crippen molar-refractivity contribution in [2.45, 2.75) is 110 Å². The van der Waals surface area contributed by atoms with Crippen LogP contribution < -0.4 is 15.4 Å². The van der Waals surface area contributed by atoms with Gasteiger partial charge in [-0.2, -0.15) is 0 Å². The maximum absolute atomic E-state index is 12.6. The first-order valence-electron chi connectivity index (χ1n) is 13.5. The maximum Gasteiger partial charge on any atom is 0.412 e. The minimum absolute atomic E-state index is 0.170. The van der Waals surface area contributed by atoms with Gasteiger partial charge in [0.05, 0.1) is 30.0 Å². The Labute approximate surface area is 225 Å². The molecule has 2 amide bonds. The van der Waals surface area contributed by atoms with E-state index in [0.29, 0.717) is 11.6 Å². The topological polar surface area (TPSA) is 112 Å². The highest BCUT2D eigenvalue weighted by atomic mass is 16.6. The second kappa shape index (κ2) is 10.2. The standard InChI is InChI=1S/C29H42N4O5/c1-26(2,3)33-25(35)38-29-15-12-28(13-16-29,14-17-29)11-10-19-21(31-24(34)37-27(4,5)6)18-30-20-8-9-22(36-7)32-23(19)20/h8-9,18H,10-17H2,1-7H3,(H,31,34)(H,33,35). The van der Waals surface area contributed by atoms with E-state index in [-0.39, 0.29) is 22.6 Å². The molecule has 0 aromatic carbocycles. The Kier molecular flexibility index (Phi) is 7.51. The molecule has 0 radical (unpaired) electrons. The summed E-state index contributed by atoms with van der Waals surface area (Å²) in [7, 11) is 1.59. The highest BCUT2D eigenvalue weighted by Crippen LogP contribution is 2.56. The summed E-state index contributed by atoms with van der Waals surface area (Å²) >= 11 is 0. The molecule has 2 aromatic rings. The van der Waals surface area contributed by atoms with Gasteiger partial charge in [-0.1, -0.05) is 0 Å². The molecule has 3 aliphatic carbocycles. The van der Waals surface area contributed by atoms with E-state index in [0.717, 1.165) is 68.0 Å². The molecular formula is C29H42N4O5. The SMILES string of the molecule is COc1ccc2ncc(NC(=O)OC(C)(C)C)c(CCC34CCC(OC(=O)NC(C)(C)C)(CC3)CC4)c2n1. The molecule has 0 atom stereocenters. The van der Waals surface area contributed by atoms with Gasteiger partial charge in [0.2, 0.25) is 5.88 Å². The van der Waals surface area contributed by atoms with E-state index in [2.05, 4.69) is 20.6 Å². The van der Waals surface area contributed by atoms with Gasteiger partial charge in [0.25, 0.3) is 0 Å². The smallest absolute Gasteiger partial charge is 0.412 e. The summed E-state index contributed by atoms with van der Waals surface area (Å²) in [6.45, 7) is 11.4. The van der Waals surface area contributed by atoms with Crippen LogP contribution in [0.3, 0.4) is 0 Å². The van der Waals surface area contributed by atoms with Crippen LogP contribution in [-0.2, 0) is 15.9 Å². The van der Waals surface area contributed by atoms with Crippen molar-refractivity contribution in [2.24, 2.45) is 5.41 Å². The van der Waals surface area contributed by atoms with Gasteiger partial charge in [0.1, 0.15) is 11.2 Å². The number of hydrogen-bond acceptors (Lipinski definition) is 7. The van der Waals surface area contributed by atoms with Crippen LogP contribution in [0.25, 0.3) is 11.0 Å². The van der Waals surface area contributed by atoms with E-state index in [9.17, 15) is 9.59 Å². The molecule has 0 unspecified atom stereocenters. The maximum atomic E-state index is 12.6. The van der Waals surface area contributed by atoms with Gasteiger partial charge in [-0.25, -0.2) is 14.6 Å². The Hall–Kier alpha value is -3.10. The number of anilines is 1. The van der Waals surface area contributed by atoms with Crippen LogP contribution in [0.5, 0.6) is 5.88 Å². The second-order valence-electron chi connectivity index (χ2n) is 12.9. The lowest BCUT2D eigenvalue weighted by Gasteiger charge is -2.53. The van der Waals surface area contributed by atoms with Gasteiger partial charge < -0.3 is 19.5 Å². The van der Waals surface area contributed by atoms with Gasteiger partial charge >= 0.3 is 12.2 Å². The molecule has 2 heterocycles. The Balaban J connectivity index is 1.51. The van der Waals surface area contributed by atoms with Crippen molar-refractivity contribution in [3.8, 4) is 5.88 Å². The zero-order valence-electron chi connectivity index (χ0n) is 23.8. The lowest BCUT2D eigenvalue weighted by atomic mass is 9.57. The number of rotatable bonds is 6. The summed E-state index contributed by atoms with van der Waals surface area (Å²) < 4.78 is 16.9. The van der Waals surface area contributed by atoms with Crippen molar-refractivity contribution < 1.29 is 23.8 Å². The number of aromatic nitrogens is 2. The van der Waals surface area contributed by atoms with Gasteiger partial charge in [0.15, 0.2) is 0 Å². The Morgan fingerprint density at radius 2 is 1.63 bits per heavy atom. The number of amides is 2. The third-order valence-electron chi connectivity index (χ3n) is 7.66. The zero-order valence-corrected chi connectivity index (χ0v) is 23.8. The third-order valence-corrected chi connectivity index (χ3v) is 7.66. The average Bonchev–Trinajstić information content (AvgIpc) is 2.81. The summed E-state index contributed by atoms with van der Waals surface area (Å²) in [6.07, 6.45) is 8.13. The molecule has 0 aliphatic heterocycles. The number of nitrogens with zero attached hydrogens (tertiary/aromatic N) is 2. The van der Waals surface area contributed by atoms with Crippen molar-refractivity contribution in [1.29, 1.82) is 0 Å². The first-order valence-corrected chi connectivity index (χ1v) is 13.5. The molecule has 9 heteroatoms. The number of carbonyl (C=O) groups is 2. The first-order chi connectivity index (χ1) is 17.7.